The number of benzene rings is 1. The lowest BCUT2D eigenvalue weighted by atomic mass is 9.99. The van der Waals surface area contributed by atoms with Crippen molar-refractivity contribution in [1.82, 2.24) is 4.90 Å². The van der Waals surface area contributed by atoms with Crippen LogP contribution in [0.3, 0.4) is 0 Å². The van der Waals surface area contributed by atoms with Crippen molar-refractivity contribution < 1.29 is 9.59 Å². The number of rotatable bonds is 7. The van der Waals surface area contributed by atoms with Gasteiger partial charge in [0, 0.05) is 30.8 Å². The van der Waals surface area contributed by atoms with E-state index in [1.54, 1.807) is 17.0 Å². The zero-order valence-electron chi connectivity index (χ0n) is 14.5. The van der Waals surface area contributed by atoms with Crippen LogP contribution in [0.25, 0.3) is 0 Å². The Bertz CT molecular complexity index is 645. The maximum Gasteiger partial charge on any atom is 0.253 e. The fourth-order valence-electron chi connectivity index (χ4n) is 3.02. The van der Waals surface area contributed by atoms with Crippen molar-refractivity contribution in [2.75, 3.05) is 18.4 Å². The Labute approximate surface area is 143 Å². The van der Waals surface area contributed by atoms with Crippen molar-refractivity contribution in [2.45, 2.75) is 46.0 Å². The second kappa shape index (κ2) is 8.49. The van der Waals surface area contributed by atoms with Gasteiger partial charge in [0.25, 0.3) is 5.91 Å². The summed E-state index contributed by atoms with van der Waals surface area (Å²) in [4.78, 5) is 26.1. The van der Waals surface area contributed by atoms with Crippen LogP contribution in [0.2, 0.25) is 0 Å². The molecule has 1 N–H and O–H groups in total. The molecule has 0 aliphatic carbocycles. The summed E-state index contributed by atoms with van der Waals surface area (Å²) in [5.74, 6) is 0.437. The van der Waals surface area contributed by atoms with E-state index >= 15 is 0 Å². The molecular formula is C19H25N3O2. The molecule has 1 aromatic rings. The van der Waals surface area contributed by atoms with E-state index in [0.29, 0.717) is 43.8 Å². The molecule has 1 heterocycles. The number of hydrogen-bond acceptors (Lipinski definition) is 3. The molecule has 2 rings (SSSR count). The Morgan fingerprint density at radius 3 is 2.75 bits per heavy atom. The molecule has 0 aromatic heterocycles. The van der Waals surface area contributed by atoms with Crippen molar-refractivity contribution in [3.8, 4) is 6.07 Å². The third-order valence-electron chi connectivity index (χ3n) is 4.66. The Kier molecular flexibility index (Phi) is 6.36. The zero-order valence-corrected chi connectivity index (χ0v) is 14.5. The first-order valence-corrected chi connectivity index (χ1v) is 8.68. The summed E-state index contributed by atoms with van der Waals surface area (Å²) < 4.78 is 0. The van der Waals surface area contributed by atoms with Crippen molar-refractivity contribution in [3.63, 3.8) is 0 Å². The first-order chi connectivity index (χ1) is 11.6. The first-order valence-electron chi connectivity index (χ1n) is 8.68. The van der Waals surface area contributed by atoms with E-state index in [0.717, 1.165) is 24.1 Å². The van der Waals surface area contributed by atoms with Crippen molar-refractivity contribution in [2.24, 2.45) is 5.92 Å². The van der Waals surface area contributed by atoms with Gasteiger partial charge in [-0.3, -0.25) is 9.59 Å². The predicted molar refractivity (Wildman–Crippen MR) is 93.6 cm³/mol. The molecule has 1 aliphatic rings. The molecule has 5 heteroatoms. The lowest BCUT2D eigenvalue weighted by molar-refractivity contribution is -0.116. The molecule has 0 saturated carbocycles. The van der Waals surface area contributed by atoms with E-state index in [9.17, 15) is 9.59 Å². The fraction of sp³-hybridized carbons (Fsp3) is 0.526. The molecule has 0 radical (unpaired) electrons. The maximum atomic E-state index is 12.9. The minimum absolute atomic E-state index is 0.0194. The molecule has 24 heavy (non-hydrogen) atoms. The number of nitrogens with one attached hydrogen (secondary N) is 1. The lowest BCUT2D eigenvalue weighted by Crippen LogP contribution is -2.36. The van der Waals surface area contributed by atoms with Crippen LogP contribution in [0.15, 0.2) is 18.2 Å². The maximum absolute atomic E-state index is 12.9. The number of fused-ring (bicyclic) bond motifs is 1. The van der Waals surface area contributed by atoms with Gasteiger partial charge < -0.3 is 10.2 Å². The van der Waals surface area contributed by atoms with E-state index in [2.05, 4.69) is 25.2 Å². The first kappa shape index (κ1) is 18.0. The van der Waals surface area contributed by atoms with Crippen molar-refractivity contribution >= 4 is 17.5 Å². The lowest BCUT2D eigenvalue weighted by Gasteiger charge is -2.27. The summed E-state index contributed by atoms with van der Waals surface area (Å²) in [6, 6.07) is 7.57. The summed E-state index contributed by atoms with van der Waals surface area (Å²) in [7, 11) is 0. The number of carbonyl (C=O) groups is 2. The molecule has 128 valence electrons. The highest BCUT2D eigenvalue weighted by atomic mass is 16.2. The van der Waals surface area contributed by atoms with E-state index in [4.69, 9.17) is 5.26 Å². The smallest absolute Gasteiger partial charge is 0.253 e. The van der Waals surface area contributed by atoms with Crippen molar-refractivity contribution in [1.29, 1.82) is 5.26 Å². The topological polar surface area (TPSA) is 73.2 Å². The molecule has 0 atom stereocenters. The van der Waals surface area contributed by atoms with Gasteiger partial charge in [0.05, 0.1) is 12.5 Å². The van der Waals surface area contributed by atoms with Gasteiger partial charge in [-0.05, 0) is 36.1 Å². The monoisotopic (exact) mass is 327 g/mol. The van der Waals surface area contributed by atoms with Gasteiger partial charge >= 0.3 is 0 Å². The molecule has 0 spiro atoms. The van der Waals surface area contributed by atoms with Gasteiger partial charge in [0.15, 0.2) is 0 Å². The molecule has 0 unspecified atom stereocenters. The summed E-state index contributed by atoms with van der Waals surface area (Å²) in [6.45, 7) is 5.40. The largest absolute Gasteiger partial charge is 0.337 e. The average molecular weight is 327 g/mol. The van der Waals surface area contributed by atoms with Crippen LogP contribution in [0, 0.1) is 17.2 Å². The van der Waals surface area contributed by atoms with Crippen molar-refractivity contribution in [3.05, 3.63) is 29.3 Å². The SMILES string of the molecule is CCC(CC)CN(CCC#N)C(=O)c1ccc2c(c1)CCC(=O)N2. The minimum Gasteiger partial charge on any atom is -0.337 e. The van der Waals surface area contributed by atoms with Crippen LogP contribution in [-0.2, 0) is 11.2 Å². The van der Waals surface area contributed by atoms with Crippen LogP contribution in [0.1, 0.15) is 55.5 Å². The predicted octanol–water partition coefficient (Wildman–Crippen LogP) is 3.36. The highest BCUT2D eigenvalue weighted by Gasteiger charge is 2.21. The normalized spacial score (nSPS) is 13.2. The van der Waals surface area contributed by atoms with Gasteiger partial charge in [-0.2, -0.15) is 5.26 Å². The third-order valence-corrected chi connectivity index (χ3v) is 4.66. The molecule has 1 aromatic carbocycles. The number of amides is 2. The molecule has 0 fully saturated rings. The number of anilines is 1. The Hall–Kier alpha value is -2.35. The Balaban J connectivity index is 2.19. The van der Waals surface area contributed by atoms with Gasteiger partial charge in [0.2, 0.25) is 5.91 Å². The standard InChI is InChI=1S/C19H25N3O2/c1-3-14(4-2)13-22(11-5-10-20)19(24)16-6-8-17-15(12-16)7-9-18(23)21-17/h6,8,12,14H,3-5,7,9,11,13H2,1-2H3,(H,21,23). The number of aryl methyl sites for hydroxylation is 1. The van der Waals surface area contributed by atoms with E-state index in [1.807, 2.05) is 6.07 Å². The number of nitrogens with zero attached hydrogens (tertiary/aromatic N) is 2. The van der Waals surface area contributed by atoms with Gasteiger partial charge in [0.1, 0.15) is 0 Å². The summed E-state index contributed by atoms with van der Waals surface area (Å²) in [6.07, 6.45) is 3.49. The Morgan fingerprint density at radius 2 is 2.08 bits per heavy atom. The molecule has 0 saturated heterocycles. The molecule has 2 amide bonds. The van der Waals surface area contributed by atoms with Gasteiger partial charge in [-0.1, -0.05) is 26.7 Å². The van der Waals surface area contributed by atoms with Crippen LogP contribution in [-0.4, -0.2) is 29.8 Å². The van der Waals surface area contributed by atoms with Crippen LogP contribution < -0.4 is 5.32 Å². The second-order valence-electron chi connectivity index (χ2n) is 6.26. The Morgan fingerprint density at radius 1 is 1.33 bits per heavy atom. The fourth-order valence-corrected chi connectivity index (χ4v) is 3.02. The second-order valence-corrected chi connectivity index (χ2v) is 6.26. The molecular weight excluding hydrogens is 302 g/mol. The summed E-state index contributed by atoms with van der Waals surface area (Å²) in [5, 5.41) is 11.7. The number of carbonyl (C=O) groups excluding carboxylic acids is 2. The quantitative estimate of drug-likeness (QED) is 0.834. The number of nitriles is 1. The molecule has 0 bridgehead atoms. The van der Waals surface area contributed by atoms with Gasteiger partial charge in [-0.25, -0.2) is 0 Å². The minimum atomic E-state index is -0.0307. The van der Waals surface area contributed by atoms with E-state index < -0.39 is 0 Å². The summed E-state index contributed by atoms with van der Waals surface area (Å²) >= 11 is 0. The third kappa shape index (κ3) is 4.35. The van der Waals surface area contributed by atoms with E-state index in [-0.39, 0.29) is 11.8 Å². The van der Waals surface area contributed by atoms with Crippen LogP contribution in [0.5, 0.6) is 0 Å². The highest BCUT2D eigenvalue weighted by molar-refractivity contribution is 5.98. The molecule has 5 nitrogen and oxygen atoms in total. The number of hydrogen-bond donors (Lipinski definition) is 1. The van der Waals surface area contributed by atoms with Gasteiger partial charge in [-0.15, -0.1) is 0 Å². The summed E-state index contributed by atoms with van der Waals surface area (Å²) in [5.41, 5.74) is 2.43. The van der Waals surface area contributed by atoms with Crippen LogP contribution in [0.4, 0.5) is 5.69 Å². The van der Waals surface area contributed by atoms with E-state index in [1.165, 1.54) is 0 Å². The van der Waals surface area contributed by atoms with Crippen LogP contribution >= 0.6 is 0 Å². The highest BCUT2D eigenvalue weighted by Crippen LogP contribution is 2.24. The average Bonchev–Trinajstić information content (AvgIpc) is 2.61. The molecule has 1 aliphatic heterocycles. The zero-order chi connectivity index (χ0) is 17.5.